The average Bonchev–Trinajstić information content (AvgIpc) is 2.33. The van der Waals surface area contributed by atoms with Crippen LogP contribution in [0.5, 0.6) is 0 Å². The molecule has 1 unspecified atom stereocenters. The maximum Gasteiger partial charge on any atom is 0.168 e. The van der Waals surface area contributed by atoms with E-state index in [-0.39, 0.29) is 11.6 Å². The third-order valence-corrected chi connectivity index (χ3v) is 3.34. The van der Waals surface area contributed by atoms with Crippen LogP contribution in [0.4, 0.5) is 4.39 Å². The van der Waals surface area contributed by atoms with Gasteiger partial charge in [0, 0.05) is 13.0 Å². The summed E-state index contributed by atoms with van der Waals surface area (Å²) in [7, 11) is 0. The van der Waals surface area contributed by atoms with Crippen molar-refractivity contribution in [1.82, 2.24) is 0 Å². The third kappa shape index (κ3) is 2.91. The number of carbonyl (C=O) groups excluding carboxylic acids is 1. The molecular weight excluding hydrogens is 219 g/mol. The normalized spacial score (nSPS) is 24.6. The Balaban J connectivity index is 2.03. The zero-order chi connectivity index (χ0) is 12.3. The van der Waals surface area contributed by atoms with Gasteiger partial charge in [-0.25, -0.2) is 4.39 Å². The Hall–Kier alpha value is -1.22. The molecule has 0 spiro atoms. The second kappa shape index (κ2) is 4.96. The van der Waals surface area contributed by atoms with Gasteiger partial charge in [-0.3, -0.25) is 4.79 Å². The molecule has 1 fully saturated rings. The monoisotopic (exact) mass is 236 g/mol. The largest absolute Gasteiger partial charge is 0.367 e. The first kappa shape index (κ1) is 12.2. The summed E-state index contributed by atoms with van der Waals surface area (Å²) in [4.78, 5) is 12.2. The lowest BCUT2D eigenvalue weighted by Gasteiger charge is -2.32. The molecule has 1 heterocycles. The molecular formula is C14H17FO2. The van der Waals surface area contributed by atoms with Gasteiger partial charge in [-0.15, -0.1) is 0 Å². The summed E-state index contributed by atoms with van der Waals surface area (Å²) in [5.41, 5.74) is 0.193. The van der Waals surface area contributed by atoms with Crippen molar-refractivity contribution < 1.29 is 13.9 Å². The van der Waals surface area contributed by atoms with Gasteiger partial charge in [-0.05, 0) is 43.9 Å². The van der Waals surface area contributed by atoms with E-state index >= 15 is 0 Å². The van der Waals surface area contributed by atoms with Gasteiger partial charge in [0.1, 0.15) is 11.4 Å². The summed E-state index contributed by atoms with van der Waals surface area (Å²) in [6.45, 7) is 2.52. The quantitative estimate of drug-likeness (QED) is 0.806. The standard InChI is InChI=1S/C14H17FO2/c1-14(8-2-3-9-17-14)13(16)10-11-4-6-12(15)7-5-11/h4-7H,2-3,8-10H2,1H3. The van der Waals surface area contributed by atoms with Crippen molar-refractivity contribution in [2.45, 2.75) is 38.2 Å². The van der Waals surface area contributed by atoms with Crippen LogP contribution in [0.1, 0.15) is 31.7 Å². The topological polar surface area (TPSA) is 26.3 Å². The van der Waals surface area contributed by atoms with Crippen LogP contribution in [0.15, 0.2) is 24.3 Å². The number of rotatable bonds is 3. The maximum atomic E-state index is 12.7. The predicted octanol–water partition coefficient (Wildman–Crippen LogP) is 2.90. The molecule has 1 saturated heterocycles. The van der Waals surface area contributed by atoms with E-state index in [1.165, 1.54) is 12.1 Å². The van der Waals surface area contributed by atoms with Crippen LogP contribution in [-0.4, -0.2) is 18.0 Å². The van der Waals surface area contributed by atoms with E-state index in [1.54, 1.807) is 12.1 Å². The summed E-state index contributed by atoms with van der Waals surface area (Å²) in [6.07, 6.45) is 3.16. The minimum absolute atomic E-state index is 0.0869. The number of ketones is 1. The van der Waals surface area contributed by atoms with Gasteiger partial charge in [0.05, 0.1) is 0 Å². The van der Waals surface area contributed by atoms with E-state index < -0.39 is 5.60 Å². The molecule has 0 amide bonds. The van der Waals surface area contributed by atoms with Crippen LogP contribution in [-0.2, 0) is 16.0 Å². The summed E-state index contributed by atoms with van der Waals surface area (Å²) in [5.74, 6) is -0.190. The highest BCUT2D eigenvalue weighted by atomic mass is 19.1. The van der Waals surface area contributed by atoms with Gasteiger partial charge >= 0.3 is 0 Å². The first-order chi connectivity index (χ1) is 8.10. The molecule has 2 rings (SSSR count). The number of halogens is 1. The SMILES string of the molecule is CC1(C(=O)Cc2ccc(F)cc2)CCCCO1. The molecule has 92 valence electrons. The number of carbonyl (C=O) groups is 1. The van der Waals surface area contributed by atoms with Gasteiger partial charge in [0.2, 0.25) is 0 Å². The molecule has 0 N–H and O–H groups in total. The Labute approximate surface area is 101 Å². The van der Waals surface area contributed by atoms with Crippen molar-refractivity contribution in [2.75, 3.05) is 6.61 Å². The van der Waals surface area contributed by atoms with Crippen molar-refractivity contribution in [1.29, 1.82) is 0 Å². The smallest absolute Gasteiger partial charge is 0.168 e. The Morgan fingerprint density at radius 3 is 2.65 bits per heavy atom. The first-order valence-corrected chi connectivity index (χ1v) is 6.02. The molecule has 1 aromatic carbocycles. The number of hydrogen-bond donors (Lipinski definition) is 0. The van der Waals surface area contributed by atoms with Crippen molar-refractivity contribution in [3.8, 4) is 0 Å². The Bertz CT molecular complexity index is 391. The highest BCUT2D eigenvalue weighted by Gasteiger charge is 2.35. The molecule has 1 aromatic rings. The summed E-state index contributed by atoms with van der Waals surface area (Å²) in [5, 5.41) is 0. The molecule has 0 aliphatic carbocycles. The highest BCUT2D eigenvalue weighted by Crippen LogP contribution is 2.26. The van der Waals surface area contributed by atoms with E-state index in [2.05, 4.69) is 0 Å². The van der Waals surface area contributed by atoms with Crippen LogP contribution in [0.2, 0.25) is 0 Å². The molecule has 1 atom stereocenters. The summed E-state index contributed by atoms with van der Waals surface area (Å²) >= 11 is 0. The molecule has 17 heavy (non-hydrogen) atoms. The van der Waals surface area contributed by atoms with E-state index in [1.807, 2.05) is 6.92 Å². The van der Waals surface area contributed by atoms with Crippen LogP contribution in [0, 0.1) is 5.82 Å². The summed E-state index contributed by atoms with van der Waals surface area (Å²) in [6, 6.07) is 6.07. The fourth-order valence-electron chi connectivity index (χ4n) is 2.13. The second-order valence-electron chi connectivity index (χ2n) is 4.76. The summed E-state index contributed by atoms with van der Waals surface area (Å²) < 4.78 is 18.3. The number of benzene rings is 1. The molecule has 1 aliphatic rings. The van der Waals surface area contributed by atoms with Gasteiger partial charge in [0.15, 0.2) is 5.78 Å². The Morgan fingerprint density at radius 2 is 2.06 bits per heavy atom. The second-order valence-corrected chi connectivity index (χ2v) is 4.76. The molecule has 0 saturated carbocycles. The number of hydrogen-bond acceptors (Lipinski definition) is 2. The molecule has 1 aliphatic heterocycles. The van der Waals surface area contributed by atoms with E-state index in [4.69, 9.17) is 4.74 Å². The Morgan fingerprint density at radius 1 is 1.35 bits per heavy atom. The number of ether oxygens (including phenoxy) is 1. The first-order valence-electron chi connectivity index (χ1n) is 6.02. The van der Waals surface area contributed by atoms with Crippen molar-refractivity contribution in [2.24, 2.45) is 0 Å². The number of Topliss-reactive ketones (excluding diaryl/α,β-unsaturated/α-hetero) is 1. The minimum Gasteiger partial charge on any atom is -0.367 e. The van der Waals surface area contributed by atoms with Crippen LogP contribution in [0.25, 0.3) is 0 Å². The van der Waals surface area contributed by atoms with Gasteiger partial charge in [-0.1, -0.05) is 12.1 Å². The van der Waals surface area contributed by atoms with Crippen molar-refractivity contribution >= 4 is 5.78 Å². The zero-order valence-electron chi connectivity index (χ0n) is 10.0. The van der Waals surface area contributed by atoms with Crippen molar-refractivity contribution in [3.63, 3.8) is 0 Å². The molecule has 2 nitrogen and oxygen atoms in total. The fourth-order valence-corrected chi connectivity index (χ4v) is 2.13. The molecule has 0 radical (unpaired) electrons. The van der Waals surface area contributed by atoms with Gasteiger partial charge in [-0.2, -0.15) is 0 Å². The van der Waals surface area contributed by atoms with E-state index in [0.29, 0.717) is 13.0 Å². The van der Waals surface area contributed by atoms with Crippen LogP contribution < -0.4 is 0 Å². The molecule has 0 aromatic heterocycles. The van der Waals surface area contributed by atoms with Crippen LogP contribution >= 0.6 is 0 Å². The molecule has 0 bridgehead atoms. The maximum absolute atomic E-state index is 12.7. The lowest BCUT2D eigenvalue weighted by Crippen LogP contribution is -2.42. The minimum atomic E-state index is -0.646. The fraction of sp³-hybridized carbons (Fsp3) is 0.500. The van der Waals surface area contributed by atoms with Gasteiger partial charge in [0.25, 0.3) is 0 Å². The highest BCUT2D eigenvalue weighted by molar-refractivity contribution is 5.88. The van der Waals surface area contributed by atoms with E-state index in [9.17, 15) is 9.18 Å². The Kier molecular flexibility index (Phi) is 3.57. The zero-order valence-corrected chi connectivity index (χ0v) is 10.0. The third-order valence-electron chi connectivity index (χ3n) is 3.34. The lowest BCUT2D eigenvalue weighted by atomic mass is 9.88. The lowest BCUT2D eigenvalue weighted by molar-refractivity contribution is -0.147. The average molecular weight is 236 g/mol. The van der Waals surface area contributed by atoms with Gasteiger partial charge < -0.3 is 4.74 Å². The molecule has 3 heteroatoms. The van der Waals surface area contributed by atoms with Crippen molar-refractivity contribution in [3.05, 3.63) is 35.6 Å². The van der Waals surface area contributed by atoms with Crippen LogP contribution in [0.3, 0.4) is 0 Å². The predicted molar refractivity (Wildman–Crippen MR) is 63.3 cm³/mol. The van der Waals surface area contributed by atoms with E-state index in [0.717, 1.165) is 24.8 Å².